The molecule has 3 nitrogen and oxygen atoms in total. The molecule has 0 radical (unpaired) electrons. The summed E-state index contributed by atoms with van der Waals surface area (Å²) >= 11 is 0. The molecule has 0 aliphatic heterocycles. The predicted molar refractivity (Wildman–Crippen MR) is 74.1 cm³/mol. The highest BCUT2D eigenvalue weighted by Gasteiger charge is 2.09. The maximum atomic E-state index is 11.2. The number of rotatable bonds is 12. The summed E-state index contributed by atoms with van der Waals surface area (Å²) in [6.45, 7) is 2.50. The molecule has 17 heavy (non-hydrogen) atoms. The van der Waals surface area contributed by atoms with Gasteiger partial charge in [0.15, 0.2) is 0 Å². The van der Waals surface area contributed by atoms with Crippen LogP contribution in [0.2, 0.25) is 0 Å². The van der Waals surface area contributed by atoms with Gasteiger partial charge < -0.3 is 11.1 Å². The fourth-order valence-electron chi connectivity index (χ4n) is 2.10. The summed E-state index contributed by atoms with van der Waals surface area (Å²) in [5, 5.41) is 3.07. The molecule has 102 valence electrons. The quantitative estimate of drug-likeness (QED) is 0.517. The average molecular weight is 242 g/mol. The van der Waals surface area contributed by atoms with Gasteiger partial charge in [0, 0.05) is 0 Å². The van der Waals surface area contributed by atoms with Gasteiger partial charge in [-0.2, -0.15) is 0 Å². The molecule has 3 N–H and O–H groups in total. The van der Waals surface area contributed by atoms with E-state index in [9.17, 15) is 4.79 Å². The van der Waals surface area contributed by atoms with Crippen molar-refractivity contribution in [1.29, 1.82) is 0 Å². The van der Waals surface area contributed by atoms with E-state index in [-0.39, 0.29) is 11.8 Å². The van der Waals surface area contributed by atoms with E-state index in [1.54, 1.807) is 6.92 Å². The van der Waals surface area contributed by atoms with Crippen molar-refractivity contribution >= 4 is 5.78 Å². The fourth-order valence-corrected chi connectivity index (χ4v) is 2.10. The molecule has 0 aromatic rings. The van der Waals surface area contributed by atoms with E-state index >= 15 is 0 Å². The van der Waals surface area contributed by atoms with Gasteiger partial charge in [-0.3, -0.25) is 4.79 Å². The Labute approximate surface area is 107 Å². The summed E-state index contributed by atoms with van der Waals surface area (Å²) in [6, 6.07) is 0.0690. The predicted octanol–water partition coefficient (Wildman–Crippen LogP) is 2.63. The van der Waals surface area contributed by atoms with E-state index in [0.29, 0.717) is 0 Å². The number of ketones is 1. The van der Waals surface area contributed by atoms with Gasteiger partial charge in [-0.1, -0.05) is 44.9 Å². The number of nitrogens with one attached hydrogen (secondary N) is 1. The molecule has 3 heteroatoms. The molecule has 0 bridgehead atoms. The summed E-state index contributed by atoms with van der Waals surface area (Å²) < 4.78 is 0. The van der Waals surface area contributed by atoms with Crippen molar-refractivity contribution in [2.24, 2.45) is 5.73 Å². The Morgan fingerprint density at radius 1 is 1.00 bits per heavy atom. The van der Waals surface area contributed by atoms with Crippen LogP contribution >= 0.6 is 0 Å². The van der Waals surface area contributed by atoms with Gasteiger partial charge in [-0.15, -0.1) is 0 Å². The number of unbranched alkanes of at least 4 members (excludes halogenated alkanes) is 7. The molecule has 0 aliphatic rings. The molecule has 0 fully saturated rings. The molecular weight excluding hydrogens is 212 g/mol. The van der Waals surface area contributed by atoms with Crippen molar-refractivity contribution in [3.8, 4) is 0 Å². The van der Waals surface area contributed by atoms with Crippen LogP contribution in [0, 0.1) is 0 Å². The number of Topliss-reactive ketones (excluding diaryl/α,β-unsaturated/α-hetero) is 1. The standard InChI is InChI=1S/C14H30N2O/c1-13(17)14(16-2)11-9-7-5-3-4-6-8-10-12-15/h14,16H,3-12,15H2,1-2H3/t14-/m0/s1. The number of hydrogen-bond acceptors (Lipinski definition) is 3. The topological polar surface area (TPSA) is 55.1 Å². The minimum absolute atomic E-state index is 0.0690. The number of carbonyl (C=O) groups excluding carboxylic acids is 1. The summed E-state index contributed by atoms with van der Waals surface area (Å²) in [5.41, 5.74) is 5.44. The normalized spacial score (nSPS) is 12.6. The minimum atomic E-state index is 0.0690. The Morgan fingerprint density at radius 3 is 1.88 bits per heavy atom. The number of hydrogen-bond donors (Lipinski definition) is 2. The van der Waals surface area contributed by atoms with Gasteiger partial charge in [0.1, 0.15) is 5.78 Å². The van der Waals surface area contributed by atoms with Crippen LogP contribution in [0.3, 0.4) is 0 Å². The van der Waals surface area contributed by atoms with Crippen LogP contribution in [-0.2, 0) is 4.79 Å². The van der Waals surface area contributed by atoms with Crippen LogP contribution in [0.5, 0.6) is 0 Å². The lowest BCUT2D eigenvalue weighted by Gasteiger charge is -2.11. The lowest BCUT2D eigenvalue weighted by Crippen LogP contribution is -2.31. The SMILES string of the molecule is CN[C@@H](CCCCCCCCCCN)C(C)=O. The number of nitrogens with two attached hydrogens (primary N) is 1. The van der Waals surface area contributed by atoms with Crippen molar-refractivity contribution in [3.05, 3.63) is 0 Å². The highest BCUT2D eigenvalue weighted by atomic mass is 16.1. The maximum Gasteiger partial charge on any atom is 0.146 e. The maximum absolute atomic E-state index is 11.2. The summed E-state index contributed by atoms with van der Waals surface area (Å²) in [7, 11) is 1.86. The molecule has 0 aromatic carbocycles. The molecule has 0 rings (SSSR count). The highest BCUT2D eigenvalue weighted by Crippen LogP contribution is 2.10. The molecule has 1 atom stereocenters. The number of likely N-dealkylation sites (N-methyl/N-ethyl adjacent to an activating group) is 1. The second-order valence-electron chi connectivity index (χ2n) is 4.86. The van der Waals surface area contributed by atoms with E-state index in [1.165, 1.54) is 44.9 Å². The highest BCUT2D eigenvalue weighted by molar-refractivity contribution is 5.81. The van der Waals surface area contributed by atoms with E-state index in [4.69, 9.17) is 5.73 Å². The first kappa shape index (κ1) is 16.6. The smallest absolute Gasteiger partial charge is 0.146 e. The van der Waals surface area contributed by atoms with Crippen molar-refractivity contribution in [3.63, 3.8) is 0 Å². The third kappa shape index (κ3) is 10.5. The molecule has 0 heterocycles. The van der Waals surface area contributed by atoms with Crippen molar-refractivity contribution in [2.45, 2.75) is 70.8 Å². The summed E-state index contributed by atoms with van der Waals surface area (Å²) in [5.74, 6) is 0.259. The van der Waals surface area contributed by atoms with Gasteiger partial charge in [0.2, 0.25) is 0 Å². The Balaban J connectivity index is 3.20. The summed E-state index contributed by atoms with van der Waals surface area (Å²) in [6.07, 6.45) is 11.1. The lowest BCUT2D eigenvalue weighted by atomic mass is 10.0. The van der Waals surface area contributed by atoms with Gasteiger partial charge in [-0.25, -0.2) is 0 Å². The Kier molecular flexibility index (Phi) is 11.8. The van der Waals surface area contributed by atoms with Crippen LogP contribution in [0.15, 0.2) is 0 Å². The van der Waals surface area contributed by atoms with E-state index in [2.05, 4.69) is 5.32 Å². The van der Waals surface area contributed by atoms with Crippen LogP contribution in [-0.4, -0.2) is 25.4 Å². The second-order valence-corrected chi connectivity index (χ2v) is 4.86. The molecule has 0 spiro atoms. The molecule has 0 amide bonds. The van der Waals surface area contributed by atoms with Crippen LogP contribution < -0.4 is 11.1 Å². The van der Waals surface area contributed by atoms with Gasteiger partial charge in [0.05, 0.1) is 6.04 Å². The molecule has 0 saturated carbocycles. The van der Waals surface area contributed by atoms with E-state index in [0.717, 1.165) is 19.4 Å². The Hall–Kier alpha value is -0.410. The average Bonchev–Trinajstić information content (AvgIpc) is 2.31. The van der Waals surface area contributed by atoms with Gasteiger partial charge >= 0.3 is 0 Å². The molecule has 0 saturated heterocycles. The zero-order valence-electron chi connectivity index (χ0n) is 11.6. The monoisotopic (exact) mass is 242 g/mol. The largest absolute Gasteiger partial charge is 0.330 e. The molecule has 0 aromatic heterocycles. The number of carbonyl (C=O) groups is 1. The summed E-state index contributed by atoms with van der Waals surface area (Å²) in [4.78, 5) is 11.2. The zero-order valence-corrected chi connectivity index (χ0v) is 11.6. The van der Waals surface area contributed by atoms with E-state index < -0.39 is 0 Å². The molecular formula is C14H30N2O. The third-order valence-electron chi connectivity index (χ3n) is 3.29. The Morgan fingerprint density at radius 2 is 1.47 bits per heavy atom. The van der Waals surface area contributed by atoms with Crippen molar-refractivity contribution in [1.82, 2.24) is 5.32 Å². The van der Waals surface area contributed by atoms with Crippen molar-refractivity contribution < 1.29 is 4.79 Å². The first-order valence-corrected chi connectivity index (χ1v) is 7.10. The zero-order chi connectivity index (χ0) is 12.9. The fraction of sp³-hybridized carbons (Fsp3) is 0.929. The van der Waals surface area contributed by atoms with Gasteiger partial charge in [0.25, 0.3) is 0 Å². The third-order valence-corrected chi connectivity index (χ3v) is 3.29. The van der Waals surface area contributed by atoms with Crippen LogP contribution in [0.25, 0.3) is 0 Å². The Bertz CT molecular complexity index is 183. The first-order chi connectivity index (χ1) is 8.22. The second kappa shape index (κ2) is 12.1. The van der Waals surface area contributed by atoms with E-state index in [1.807, 2.05) is 7.05 Å². The molecule has 0 aliphatic carbocycles. The van der Waals surface area contributed by atoms with Crippen molar-refractivity contribution in [2.75, 3.05) is 13.6 Å². The van der Waals surface area contributed by atoms with Gasteiger partial charge in [-0.05, 0) is 33.4 Å². The minimum Gasteiger partial charge on any atom is -0.330 e. The lowest BCUT2D eigenvalue weighted by molar-refractivity contribution is -0.119. The first-order valence-electron chi connectivity index (χ1n) is 7.10. The van der Waals surface area contributed by atoms with Crippen LogP contribution in [0.4, 0.5) is 0 Å². The van der Waals surface area contributed by atoms with Crippen LogP contribution in [0.1, 0.15) is 64.7 Å². The molecule has 0 unspecified atom stereocenters.